The highest BCUT2D eigenvalue weighted by Crippen LogP contribution is 2.44. The van der Waals surface area contributed by atoms with Crippen LogP contribution in [0.4, 0.5) is 0 Å². The van der Waals surface area contributed by atoms with Crippen molar-refractivity contribution in [3.63, 3.8) is 0 Å². The maximum absolute atomic E-state index is 12.9. The maximum atomic E-state index is 12.9. The largest absolute Gasteiger partial charge is 0.294 e. The summed E-state index contributed by atoms with van der Waals surface area (Å²) in [5.74, 6) is 0.626. The van der Waals surface area contributed by atoms with E-state index in [1.54, 1.807) is 0 Å². The van der Waals surface area contributed by atoms with E-state index >= 15 is 0 Å². The second kappa shape index (κ2) is 5.49. The Balaban J connectivity index is 1.60. The van der Waals surface area contributed by atoms with Crippen LogP contribution in [0.3, 0.4) is 0 Å². The fourth-order valence-corrected chi connectivity index (χ4v) is 5.69. The lowest BCUT2D eigenvalue weighted by atomic mass is 9.84. The van der Waals surface area contributed by atoms with Gasteiger partial charge in [0.2, 0.25) is 0 Å². The van der Waals surface area contributed by atoms with Crippen LogP contribution in [0.1, 0.15) is 42.5 Å². The molecule has 2 aliphatic heterocycles. The van der Waals surface area contributed by atoms with Gasteiger partial charge < -0.3 is 0 Å². The van der Waals surface area contributed by atoms with Crippen LogP contribution in [-0.4, -0.2) is 16.3 Å². The first-order valence-electron chi connectivity index (χ1n) is 7.98. The first-order valence-corrected chi connectivity index (χ1v) is 8.92. The fraction of sp³-hybridized carbons (Fsp3) is 0.421. The predicted molar refractivity (Wildman–Crippen MR) is 90.0 cm³/mol. The zero-order valence-electron chi connectivity index (χ0n) is 12.1. The molecule has 2 aliphatic rings. The van der Waals surface area contributed by atoms with Crippen molar-refractivity contribution in [3.05, 3.63) is 48.0 Å². The van der Waals surface area contributed by atoms with Crippen LogP contribution < -0.4 is 0 Å². The van der Waals surface area contributed by atoms with Gasteiger partial charge in [-0.15, -0.1) is 0 Å². The molecule has 2 fully saturated rings. The Hall–Kier alpha value is -1.28. The molecule has 4 rings (SSSR count). The lowest BCUT2D eigenvalue weighted by molar-refractivity contribution is 0.0897. The standard InChI is InChI=1S/C19H20OS/c20-19(16-11-17-6-3-7-18(12-16)21-17)15-9-8-13-4-1-2-5-14(13)10-15/h1-2,4-5,8-10,16-18H,3,6-7,11-12H2. The Morgan fingerprint density at radius 1 is 0.952 bits per heavy atom. The Labute approximate surface area is 130 Å². The van der Waals surface area contributed by atoms with Gasteiger partial charge in [-0.2, -0.15) is 11.8 Å². The van der Waals surface area contributed by atoms with E-state index in [9.17, 15) is 4.79 Å². The molecular weight excluding hydrogens is 276 g/mol. The number of hydrogen-bond acceptors (Lipinski definition) is 2. The van der Waals surface area contributed by atoms with Crippen LogP contribution in [0.15, 0.2) is 42.5 Å². The summed E-state index contributed by atoms with van der Waals surface area (Å²) in [6.07, 6.45) is 6.16. The normalized spacial score (nSPS) is 28.5. The first-order chi connectivity index (χ1) is 10.3. The van der Waals surface area contributed by atoms with Gasteiger partial charge in [0.15, 0.2) is 5.78 Å². The molecule has 0 aromatic heterocycles. The van der Waals surface area contributed by atoms with E-state index in [4.69, 9.17) is 0 Å². The SMILES string of the molecule is O=C(c1ccc2ccccc2c1)C1CC2CCCC(C1)S2. The average Bonchev–Trinajstić information content (AvgIpc) is 2.53. The van der Waals surface area contributed by atoms with Gasteiger partial charge in [-0.1, -0.05) is 42.8 Å². The molecule has 0 amide bonds. The number of carbonyl (C=O) groups is 1. The van der Waals surface area contributed by atoms with Gasteiger partial charge in [0.25, 0.3) is 0 Å². The molecule has 108 valence electrons. The lowest BCUT2D eigenvalue weighted by Crippen LogP contribution is -2.32. The summed E-state index contributed by atoms with van der Waals surface area (Å²) in [5.41, 5.74) is 0.906. The number of ketones is 1. The molecule has 2 bridgehead atoms. The van der Waals surface area contributed by atoms with Gasteiger partial charge >= 0.3 is 0 Å². The van der Waals surface area contributed by atoms with Gasteiger partial charge in [-0.3, -0.25) is 4.79 Å². The molecule has 1 nitrogen and oxygen atoms in total. The highest BCUT2D eigenvalue weighted by molar-refractivity contribution is 8.00. The van der Waals surface area contributed by atoms with E-state index in [0.717, 1.165) is 28.9 Å². The maximum Gasteiger partial charge on any atom is 0.166 e. The monoisotopic (exact) mass is 296 g/mol. The zero-order chi connectivity index (χ0) is 14.2. The predicted octanol–water partition coefficient (Wildman–Crippen LogP) is 5.09. The molecule has 0 N–H and O–H groups in total. The molecule has 2 saturated heterocycles. The third-order valence-electron chi connectivity index (χ3n) is 4.94. The van der Waals surface area contributed by atoms with E-state index in [-0.39, 0.29) is 5.92 Å². The Morgan fingerprint density at radius 3 is 2.43 bits per heavy atom. The van der Waals surface area contributed by atoms with Crippen molar-refractivity contribution in [1.82, 2.24) is 0 Å². The van der Waals surface area contributed by atoms with Crippen molar-refractivity contribution >= 4 is 28.3 Å². The molecule has 0 aliphatic carbocycles. The van der Waals surface area contributed by atoms with Gasteiger partial charge in [0.05, 0.1) is 0 Å². The molecule has 0 radical (unpaired) electrons. The third kappa shape index (κ3) is 2.62. The molecule has 2 unspecified atom stereocenters. The van der Waals surface area contributed by atoms with Crippen LogP contribution >= 0.6 is 11.8 Å². The molecule has 2 heterocycles. The van der Waals surface area contributed by atoms with Crippen LogP contribution in [-0.2, 0) is 0 Å². The molecule has 0 saturated carbocycles. The summed E-state index contributed by atoms with van der Waals surface area (Å²) in [6, 6.07) is 14.5. The van der Waals surface area contributed by atoms with Crippen molar-refractivity contribution < 1.29 is 4.79 Å². The zero-order valence-corrected chi connectivity index (χ0v) is 12.9. The van der Waals surface area contributed by atoms with Crippen molar-refractivity contribution in [1.29, 1.82) is 0 Å². The molecule has 2 aromatic rings. The topological polar surface area (TPSA) is 17.1 Å². The van der Waals surface area contributed by atoms with E-state index in [1.165, 1.54) is 30.0 Å². The number of fused-ring (bicyclic) bond motifs is 3. The minimum Gasteiger partial charge on any atom is -0.294 e. The highest BCUT2D eigenvalue weighted by atomic mass is 32.2. The molecular formula is C19H20OS. The molecule has 21 heavy (non-hydrogen) atoms. The average molecular weight is 296 g/mol. The van der Waals surface area contributed by atoms with Gasteiger partial charge in [-0.05, 0) is 42.5 Å². The fourth-order valence-electron chi connectivity index (χ4n) is 3.85. The summed E-state index contributed by atoms with van der Waals surface area (Å²) >= 11 is 2.14. The smallest absolute Gasteiger partial charge is 0.166 e. The first kappa shape index (κ1) is 13.4. The Kier molecular flexibility index (Phi) is 3.50. The summed E-state index contributed by atoms with van der Waals surface area (Å²) in [7, 11) is 0. The summed E-state index contributed by atoms with van der Waals surface area (Å²) < 4.78 is 0. The Morgan fingerprint density at radius 2 is 1.67 bits per heavy atom. The molecule has 2 aromatic carbocycles. The van der Waals surface area contributed by atoms with E-state index < -0.39 is 0 Å². The van der Waals surface area contributed by atoms with Crippen LogP contribution in [0.2, 0.25) is 0 Å². The van der Waals surface area contributed by atoms with Crippen LogP contribution in [0.5, 0.6) is 0 Å². The van der Waals surface area contributed by atoms with E-state index in [0.29, 0.717) is 5.78 Å². The molecule has 0 spiro atoms. The number of hydrogen-bond donors (Lipinski definition) is 0. The number of Topliss-reactive ketones (excluding diaryl/α,β-unsaturated/α-hetero) is 1. The number of benzene rings is 2. The van der Waals surface area contributed by atoms with Crippen LogP contribution in [0.25, 0.3) is 10.8 Å². The summed E-state index contributed by atoms with van der Waals surface area (Å²) in [6.45, 7) is 0. The van der Waals surface area contributed by atoms with Crippen molar-refractivity contribution in [2.24, 2.45) is 5.92 Å². The summed E-state index contributed by atoms with van der Waals surface area (Å²) in [4.78, 5) is 12.9. The molecule has 2 heteroatoms. The van der Waals surface area contributed by atoms with Crippen molar-refractivity contribution in [2.45, 2.75) is 42.6 Å². The van der Waals surface area contributed by atoms with Crippen LogP contribution in [0, 0.1) is 5.92 Å². The minimum atomic E-state index is 0.253. The van der Waals surface area contributed by atoms with Gasteiger partial charge in [-0.25, -0.2) is 0 Å². The van der Waals surface area contributed by atoms with Crippen molar-refractivity contribution in [2.75, 3.05) is 0 Å². The second-order valence-electron chi connectivity index (χ2n) is 6.41. The second-order valence-corrected chi connectivity index (χ2v) is 8.01. The van der Waals surface area contributed by atoms with Crippen molar-refractivity contribution in [3.8, 4) is 0 Å². The van der Waals surface area contributed by atoms with Gasteiger partial charge in [0, 0.05) is 22.0 Å². The number of rotatable bonds is 2. The van der Waals surface area contributed by atoms with Gasteiger partial charge in [0.1, 0.15) is 0 Å². The minimum absolute atomic E-state index is 0.253. The van der Waals surface area contributed by atoms with E-state index in [1.807, 2.05) is 18.2 Å². The number of carbonyl (C=O) groups excluding carboxylic acids is 1. The molecule has 2 atom stereocenters. The van der Waals surface area contributed by atoms with E-state index in [2.05, 4.69) is 36.0 Å². The third-order valence-corrected chi connectivity index (χ3v) is 6.56. The highest BCUT2D eigenvalue weighted by Gasteiger charge is 2.35. The quantitative estimate of drug-likeness (QED) is 0.718. The number of thioether (sulfide) groups is 1. The Bertz CT molecular complexity index is 666. The summed E-state index contributed by atoms with van der Waals surface area (Å²) in [5, 5.41) is 3.85. The lowest BCUT2D eigenvalue weighted by Gasteiger charge is -2.38.